The van der Waals surface area contributed by atoms with Crippen molar-refractivity contribution in [2.75, 3.05) is 0 Å². The summed E-state index contributed by atoms with van der Waals surface area (Å²) in [5.74, 6) is -2.27. The third-order valence-electron chi connectivity index (χ3n) is 3.84. The van der Waals surface area contributed by atoms with Crippen molar-refractivity contribution in [2.45, 2.75) is 45.9 Å². The van der Waals surface area contributed by atoms with Gasteiger partial charge in [-0.05, 0) is 33.8 Å². The highest BCUT2D eigenvalue weighted by Crippen LogP contribution is 2.32. The van der Waals surface area contributed by atoms with Gasteiger partial charge in [-0.25, -0.2) is 18.4 Å². The summed E-state index contributed by atoms with van der Waals surface area (Å²) in [6, 6.07) is 2.83. The number of carbonyl (C=O) groups is 1. The van der Waals surface area contributed by atoms with E-state index < -0.39 is 34.7 Å². The topological polar surface area (TPSA) is 77.2 Å². The molecule has 25 heavy (non-hydrogen) atoms. The molecule has 1 unspecified atom stereocenters. The Labute approximate surface area is 144 Å². The summed E-state index contributed by atoms with van der Waals surface area (Å²) in [6.45, 7) is 6.21. The smallest absolute Gasteiger partial charge is 0.311 e. The van der Waals surface area contributed by atoms with Crippen LogP contribution in [-0.2, 0) is 21.7 Å². The summed E-state index contributed by atoms with van der Waals surface area (Å²) in [5, 5.41) is 15.1. The van der Waals surface area contributed by atoms with Gasteiger partial charge in [0.05, 0.1) is 12.0 Å². The van der Waals surface area contributed by atoms with E-state index in [2.05, 4.69) is 10.1 Å². The van der Waals surface area contributed by atoms with Crippen LogP contribution in [-0.4, -0.2) is 31.9 Å². The molecule has 1 N–H and O–H groups in total. The quantitative estimate of drug-likeness (QED) is 0.836. The molecule has 8 heteroatoms. The fourth-order valence-corrected chi connectivity index (χ4v) is 2.27. The SMILES string of the molecule is C[C@@H](OC(=O)C(C)(C)C)C(O)(Cn1cncn1)c1ccc(F)cc1F. The van der Waals surface area contributed by atoms with Gasteiger partial charge in [0.15, 0.2) is 0 Å². The molecule has 0 aliphatic carbocycles. The Morgan fingerprint density at radius 3 is 2.56 bits per heavy atom. The summed E-state index contributed by atoms with van der Waals surface area (Å²) in [5.41, 5.74) is -2.96. The molecule has 0 bridgehead atoms. The summed E-state index contributed by atoms with van der Waals surface area (Å²) in [7, 11) is 0. The minimum absolute atomic E-state index is 0.196. The molecule has 0 aliphatic rings. The summed E-state index contributed by atoms with van der Waals surface area (Å²) < 4.78 is 34.2. The summed E-state index contributed by atoms with van der Waals surface area (Å²) >= 11 is 0. The summed E-state index contributed by atoms with van der Waals surface area (Å²) in [6.07, 6.45) is 1.47. The fourth-order valence-electron chi connectivity index (χ4n) is 2.27. The minimum atomic E-state index is -1.97. The average Bonchev–Trinajstić information content (AvgIpc) is 2.98. The third-order valence-corrected chi connectivity index (χ3v) is 3.84. The molecule has 0 aliphatic heterocycles. The van der Waals surface area contributed by atoms with Crippen LogP contribution in [0.1, 0.15) is 33.3 Å². The Balaban J connectivity index is 2.43. The standard InChI is InChI=1S/C17H21F2N3O3/c1-11(25-15(23)16(2,3)4)17(24,8-22-10-20-9-21-22)13-6-5-12(18)7-14(13)19/h5-7,9-11,24H,8H2,1-4H3/t11-,17?/m1/s1. The molecule has 0 amide bonds. The van der Waals surface area contributed by atoms with Gasteiger partial charge in [-0.15, -0.1) is 0 Å². The molecule has 0 spiro atoms. The van der Waals surface area contributed by atoms with Crippen LogP contribution in [0.5, 0.6) is 0 Å². The number of benzene rings is 1. The lowest BCUT2D eigenvalue weighted by Gasteiger charge is -2.35. The first-order valence-corrected chi connectivity index (χ1v) is 7.75. The van der Waals surface area contributed by atoms with Gasteiger partial charge in [-0.3, -0.25) is 4.79 Å². The Hall–Kier alpha value is -2.35. The zero-order valence-corrected chi connectivity index (χ0v) is 14.5. The Bertz CT molecular complexity index is 744. The van der Waals surface area contributed by atoms with Gasteiger partial charge < -0.3 is 9.84 Å². The largest absolute Gasteiger partial charge is 0.459 e. The van der Waals surface area contributed by atoms with Crippen LogP contribution in [0.25, 0.3) is 0 Å². The van der Waals surface area contributed by atoms with Gasteiger partial charge in [0.1, 0.15) is 36.0 Å². The van der Waals surface area contributed by atoms with Gasteiger partial charge in [0.2, 0.25) is 0 Å². The van der Waals surface area contributed by atoms with Crippen molar-refractivity contribution in [3.63, 3.8) is 0 Å². The molecular formula is C17H21F2N3O3. The molecule has 2 aromatic rings. The molecule has 1 aromatic carbocycles. The van der Waals surface area contributed by atoms with Crippen molar-refractivity contribution in [1.82, 2.24) is 14.8 Å². The average molecular weight is 353 g/mol. The van der Waals surface area contributed by atoms with Crippen LogP contribution in [0, 0.1) is 17.0 Å². The zero-order chi connectivity index (χ0) is 18.8. The molecule has 1 heterocycles. The van der Waals surface area contributed by atoms with Crippen molar-refractivity contribution in [3.8, 4) is 0 Å². The van der Waals surface area contributed by atoms with E-state index in [0.29, 0.717) is 6.07 Å². The monoisotopic (exact) mass is 353 g/mol. The number of ether oxygens (including phenoxy) is 1. The first kappa shape index (κ1) is 19.0. The number of aliphatic hydroxyl groups is 1. The van der Waals surface area contributed by atoms with Crippen molar-refractivity contribution in [2.24, 2.45) is 5.41 Å². The minimum Gasteiger partial charge on any atom is -0.459 e. The maximum atomic E-state index is 14.3. The Morgan fingerprint density at radius 2 is 2.04 bits per heavy atom. The molecule has 0 radical (unpaired) electrons. The first-order chi connectivity index (χ1) is 11.5. The zero-order valence-electron chi connectivity index (χ0n) is 14.5. The molecule has 0 fully saturated rings. The highest BCUT2D eigenvalue weighted by Gasteiger charge is 2.42. The van der Waals surface area contributed by atoms with E-state index >= 15 is 0 Å². The Morgan fingerprint density at radius 1 is 1.36 bits per heavy atom. The maximum Gasteiger partial charge on any atom is 0.311 e. The van der Waals surface area contributed by atoms with Crippen LogP contribution in [0.4, 0.5) is 8.78 Å². The third kappa shape index (κ3) is 4.19. The normalized spacial score (nSPS) is 15.5. The number of hydrogen-bond donors (Lipinski definition) is 1. The van der Waals surface area contributed by atoms with E-state index in [1.165, 1.54) is 24.3 Å². The van der Waals surface area contributed by atoms with Gasteiger partial charge in [0.25, 0.3) is 0 Å². The maximum absolute atomic E-state index is 14.3. The van der Waals surface area contributed by atoms with E-state index in [1.807, 2.05) is 0 Å². The number of halogens is 2. The second-order valence-electron chi connectivity index (χ2n) is 6.94. The van der Waals surface area contributed by atoms with Crippen molar-refractivity contribution in [3.05, 3.63) is 48.1 Å². The molecule has 0 saturated carbocycles. The van der Waals surface area contributed by atoms with Crippen LogP contribution < -0.4 is 0 Å². The molecule has 1 aromatic heterocycles. The van der Waals surface area contributed by atoms with Gasteiger partial charge in [0, 0.05) is 11.6 Å². The van der Waals surface area contributed by atoms with Gasteiger partial charge in [-0.2, -0.15) is 5.10 Å². The van der Waals surface area contributed by atoms with E-state index in [4.69, 9.17) is 4.74 Å². The van der Waals surface area contributed by atoms with E-state index in [0.717, 1.165) is 12.1 Å². The van der Waals surface area contributed by atoms with Crippen molar-refractivity contribution < 1.29 is 23.4 Å². The highest BCUT2D eigenvalue weighted by molar-refractivity contribution is 5.75. The van der Waals surface area contributed by atoms with Crippen LogP contribution in [0.3, 0.4) is 0 Å². The van der Waals surface area contributed by atoms with Crippen LogP contribution >= 0.6 is 0 Å². The molecular weight excluding hydrogens is 332 g/mol. The number of carbonyl (C=O) groups excluding carboxylic acids is 1. The predicted octanol–water partition coefficient (Wildman–Crippen LogP) is 2.42. The number of aromatic nitrogens is 3. The second kappa shape index (κ2) is 6.87. The van der Waals surface area contributed by atoms with Crippen LogP contribution in [0.2, 0.25) is 0 Å². The molecule has 2 atom stereocenters. The van der Waals surface area contributed by atoms with Gasteiger partial charge in [-0.1, -0.05) is 6.07 Å². The van der Waals surface area contributed by atoms with E-state index in [1.54, 1.807) is 20.8 Å². The first-order valence-electron chi connectivity index (χ1n) is 7.75. The number of rotatable bonds is 5. The number of hydrogen-bond acceptors (Lipinski definition) is 5. The lowest BCUT2D eigenvalue weighted by atomic mass is 9.87. The molecule has 2 rings (SSSR count). The number of esters is 1. The van der Waals surface area contributed by atoms with Crippen LogP contribution in [0.15, 0.2) is 30.9 Å². The Kier molecular flexibility index (Phi) is 5.22. The van der Waals surface area contributed by atoms with Gasteiger partial charge >= 0.3 is 5.97 Å². The molecule has 6 nitrogen and oxygen atoms in total. The lowest BCUT2D eigenvalue weighted by molar-refractivity contribution is -0.176. The number of nitrogens with zero attached hydrogens (tertiary/aromatic N) is 3. The lowest BCUT2D eigenvalue weighted by Crippen LogP contribution is -2.46. The predicted molar refractivity (Wildman–Crippen MR) is 85.3 cm³/mol. The van der Waals surface area contributed by atoms with E-state index in [-0.39, 0.29) is 12.1 Å². The van der Waals surface area contributed by atoms with Crippen molar-refractivity contribution in [1.29, 1.82) is 0 Å². The second-order valence-corrected chi connectivity index (χ2v) is 6.94. The highest BCUT2D eigenvalue weighted by atomic mass is 19.1. The van der Waals surface area contributed by atoms with E-state index in [9.17, 15) is 18.7 Å². The molecule has 136 valence electrons. The molecule has 0 saturated heterocycles. The summed E-state index contributed by atoms with van der Waals surface area (Å²) in [4.78, 5) is 15.9. The fraction of sp³-hybridized carbons (Fsp3) is 0.471. The van der Waals surface area contributed by atoms with Crippen molar-refractivity contribution >= 4 is 5.97 Å².